The summed E-state index contributed by atoms with van der Waals surface area (Å²) in [7, 11) is 0. The van der Waals surface area contributed by atoms with Gasteiger partial charge in [0.2, 0.25) is 0 Å². The van der Waals surface area contributed by atoms with Crippen LogP contribution in [0.1, 0.15) is 19.6 Å². The molecule has 96 valence electrons. The summed E-state index contributed by atoms with van der Waals surface area (Å²) in [5.41, 5.74) is 8.01. The fraction of sp³-hybridized carbons (Fsp3) is 0.250. The van der Waals surface area contributed by atoms with E-state index in [9.17, 15) is 4.79 Å². The molecule has 0 aliphatic rings. The molecule has 18 heavy (non-hydrogen) atoms. The molecule has 1 aromatic heterocycles. The predicted octanol–water partition coefficient (Wildman–Crippen LogP) is 1.25. The molecular weight excluding hydrogens is 232 g/mol. The SMILES string of the molecule is CC(C)C(=N)/C=C(\N)C(=O)N/N=C/c1ccco1. The van der Waals surface area contributed by atoms with Gasteiger partial charge in [-0.05, 0) is 24.1 Å². The Hall–Kier alpha value is -2.37. The van der Waals surface area contributed by atoms with Gasteiger partial charge in [0.25, 0.3) is 5.91 Å². The van der Waals surface area contributed by atoms with Crippen molar-refractivity contribution in [2.45, 2.75) is 13.8 Å². The Kier molecular flexibility index (Phi) is 4.86. The van der Waals surface area contributed by atoms with E-state index in [1.54, 1.807) is 12.1 Å². The fourth-order valence-corrected chi connectivity index (χ4v) is 0.984. The quantitative estimate of drug-likeness (QED) is 0.415. The number of amides is 1. The molecule has 1 heterocycles. The highest BCUT2D eigenvalue weighted by atomic mass is 16.3. The van der Waals surface area contributed by atoms with Gasteiger partial charge < -0.3 is 15.6 Å². The van der Waals surface area contributed by atoms with Crippen molar-refractivity contribution in [3.63, 3.8) is 0 Å². The van der Waals surface area contributed by atoms with Crippen molar-refractivity contribution in [3.05, 3.63) is 35.9 Å². The van der Waals surface area contributed by atoms with Crippen molar-refractivity contribution in [1.82, 2.24) is 5.43 Å². The summed E-state index contributed by atoms with van der Waals surface area (Å²) in [4.78, 5) is 11.5. The van der Waals surface area contributed by atoms with Gasteiger partial charge in [-0.2, -0.15) is 5.10 Å². The Labute approximate surface area is 105 Å². The Morgan fingerprint density at radius 3 is 2.89 bits per heavy atom. The van der Waals surface area contributed by atoms with Crippen LogP contribution in [-0.2, 0) is 4.79 Å². The van der Waals surface area contributed by atoms with Crippen LogP contribution in [0.25, 0.3) is 0 Å². The molecule has 0 fully saturated rings. The summed E-state index contributed by atoms with van der Waals surface area (Å²) in [6.45, 7) is 3.69. The third-order valence-electron chi connectivity index (χ3n) is 2.10. The number of allylic oxidation sites excluding steroid dienone is 1. The average Bonchev–Trinajstić information content (AvgIpc) is 2.81. The van der Waals surface area contributed by atoms with Gasteiger partial charge in [-0.15, -0.1) is 0 Å². The number of carbonyl (C=O) groups is 1. The monoisotopic (exact) mass is 248 g/mol. The molecule has 0 saturated heterocycles. The molecule has 0 atom stereocenters. The van der Waals surface area contributed by atoms with E-state index in [-0.39, 0.29) is 17.3 Å². The van der Waals surface area contributed by atoms with Crippen LogP contribution >= 0.6 is 0 Å². The summed E-state index contributed by atoms with van der Waals surface area (Å²) in [5.74, 6) is -0.0149. The molecule has 0 unspecified atom stereocenters. The number of hydrogen-bond acceptors (Lipinski definition) is 5. The van der Waals surface area contributed by atoms with E-state index in [4.69, 9.17) is 15.6 Å². The molecule has 0 saturated carbocycles. The van der Waals surface area contributed by atoms with Gasteiger partial charge in [0.15, 0.2) is 0 Å². The maximum Gasteiger partial charge on any atom is 0.287 e. The van der Waals surface area contributed by atoms with Gasteiger partial charge in [-0.25, -0.2) is 5.43 Å². The summed E-state index contributed by atoms with van der Waals surface area (Å²) in [5, 5.41) is 11.2. The average molecular weight is 248 g/mol. The van der Waals surface area contributed by atoms with Crippen LogP contribution in [0.15, 0.2) is 39.7 Å². The second kappa shape index (κ2) is 6.39. The maximum atomic E-state index is 11.5. The Balaban J connectivity index is 2.53. The number of nitrogens with one attached hydrogen (secondary N) is 2. The molecule has 0 aliphatic carbocycles. The lowest BCUT2D eigenvalue weighted by molar-refractivity contribution is -0.117. The fourth-order valence-electron chi connectivity index (χ4n) is 0.984. The number of hydrogen-bond donors (Lipinski definition) is 3. The van der Waals surface area contributed by atoms with E-state index >= 15 is 0 Å². The number of nitrogens with two attached hydrogens (primary N) is 1. The summed E-state index contributed by atoms with van der Waals surface area (Å²) in [6.07, 6.45) is 4.18. The van der Waals surface area contributed by atoms with Crippen LogP contribution in [0.4, 0.5) is 0 Å². The smallest absolute Gasteiger partial charge is 0.287 e. The van der Waals surface area contributed by atoms with Crippen LogP contribution in [-0.4, -0.2) is 17.8 Å². The Bertz CT molecular complexity index is 472. The molecule has 4 N–H and O–H groups in total. The largest absolute Gasteiger partial charge is 0.463 e. The molecule has 0 bridgehead atoms. The zero-order chi connectivity index (χ0) is 13.5. The minimum atomic E-state index is -0.553. The minimum Gasteiger partial charge on any atom is -0.463 e. The normalized spacial score (nSPS) is 12.1. The molecule has 0 aromatic carbocycles. The third kappa shape index (κ3) is 4.25. The van der Waals surface area contributed by atoms with E-state index in [1.807, 2.05) is 13.8 Å². The van der Waals surface area contributed by atoms with Gasteiger partial charge in [0, 0.05) is 5.71 Å². The highest BCUT2D eigenvalue weighted by Gasteiger charge is 2.06. The first-order chi connectivity index (χ1) is 8.50. The van der Waals surface area contributed by atoms with Crippen molar-refractivity contribution < 1.29 is 9.21 Å². The van der Waals surface area contributed by atoms with Crippen molar-refractivity contribution in [3.8, 4) is 0 Å². The first-order valence-electron chi connectivity index (χ1n) is 5.43. The molecule has 0 aliphatic heterocycles. The molecule has 1 rings (SSSR count). The number of carbonyl (C=O) groups excluding carboxylic acids is 1. The highest BCUT2D eigenvalue weighted by molar-refractivity contribution is 6.02. The highest BCUT2D eigenvalue weighted by Crippen LogP contribution is 1.98. The minimum absolute atomic E-state index is 0.0166. The summed E-state index contributed by atoms with van der Waals surface area (Å²) < 4.78 is 4.99. The van der Waals surface area contributed by atoms with E-state index in [0.29, 0.717) is 5.76 Å². The molecular formula is C12H16N4O2. The molecule has 0 radical (unpaired) electrons. The molecule has 6 heteroatoms. The van der Waals surface area contributed by atoms with Crippen LogP contribution in [0.2, 0.25) is 0 Å². The third-order valence-corrected chi connectivity index (χ3v) is 2.10. The van der Waals surface area contributed by atoms with Gasteiger partial charge >= 0.3 is 0 Å². The zero-order valence-electron chi connectivity index (χ0n) is 10.3. The number of furan rings is 1. The van der Waals surface area contributed by atoms with Crippen LogP contribution in [0.3, 0.4) is 0 Å². The second-order valence-electron chi connectivity index (χ2n) is 3.92. The van der Waals surface area contributed by atoms with Gasteiger partial charge in [0.05, 0.1) is 12.5 Å². The summed E-state index contributed by atoms with van der Waals surface area (Å²) in [6, 6.07) is 3.41. The first kappa shape index (κ1) is 13.7. The van der Waals surface area contributed by atoms with E-state index < -0.39 is 5.91 Å². The van der Waals surface area contributed by atoms with Gasteiger partial charge in [-0.1, -0.05) is 13.8 Å². The molecule has 6 nitrogen and oxygen atoms in total. The lowest BCUT2D eigenvalue weighted by Crippen LogP contribution is -2.25. The molecule has 0 spiro atoms. The number of rotatable bonds is 5. The number of hydrazone groups is 1. The molecule has 1 aromatic rings. The maximum absolute atomic E-state index is 11.5. The van der Waals surface area contributed by atoms with Crippen LogP contribution in [0, 0.1) is 11.3 Å². The van der Waals surface area contributed by atoms with Crippen molar-refractivity contribution in [2.24, 2.45) is 16.8 Å². The Morgan fingerprint density at radius 1 is 1.61 bits per heavy atom. The van der Waals surface area contributed by atoms with Crippen LogP contribution < -0.4 is 11.2 Å². The van der Waals surface area contributed by atoms with Gasteiger partial charge in [0.1, 0.15) is 11.5 Å². The van der Waals surface area contributed by atoms with Crippen molar-refractivity contribution >= 4 is 17.8 Å². The summed E-state index contributed by atoms with van der Waals surface area (Å²) >= 11 is 0. The standard InChI is InChI=1S/C12H16N4O2/c1-8(2)10(13)6-11(14)12(17)16-15-7-9-4-3-5-18-9/h3-8,13H,14H2,1-2H3,(H,16,17)/b11-6-,13-10?,15-7+. The Morgan fingerprint density at radius 2 is 2.33 bits per heavy atom. The predicted molar refractivity (Wildman–Crippen MR) is 69.3 cm³/mol. The van der Waals surface area contributed by atoms with Crippen molar-refractivity contribution in [2.75, 3.05) is 0 Å². The van der Waals surface area contributed by atoms with Crippen LogP contribution in [0.5, 0.6) is 0 Å². The number of nitrogens with zero attached hydrogens (tertiary/aromatic N) is 1. The first-order valence-corrected chi connectivity index (χ1v) is 5.43. The van der Waals surface area contributed by atoms with E-state index in [1.165, 1.54) is 18.6 Å². The van der Waals surface area contributed by atoms with E-state index in [0.717, 1.165) is 0 Å². The molecule has 1 amide bonds. The van der Waals surface area contributed by atoms with Crippen molar-refractivity contribution in [1.29, 1.82) is 5.41 Å². The second-order valence-corrected chi connectivity index (χ2v) is 3.92. The van der Waals surface area contributed by atoms with Gasteiger partial charge in [-0.3, -0.25) is 4.79 Å². The van der Waals surface area contributed by atoms with E-state index in [2.05, 4.69) is 10.5 Å². The lowest BCUT2D eigenvalue weighted by atomic mass is 10.1. The lowest BCUT2D eigenvalue weighted by Gasteiger charge is -2.03. The topological polar surface area (TPSA) is 104 Å². The zero-order valence-corrected chi connectivity index (χ0v) is 10.3.